The molecule has 1 aromatic carbocycles. The Morgan fingerprint density at radius 1 is 1.14 bits per heavy atom. The Balaban J connectivity index is 1.59. The summed E-state index contributed by atoms with van der Waals surface area (Å²) >= 11 is 0. The zero-order valence-electron chi connectivity index (χ0n) is 14.0. The molecule has 0 amide bonds. The monoisotopic (exact) mass is 298 g/mol. The van der Waals surface area contributed by atoms with Gasteiger partial charge < -0.3 is 11.1 Å². The van der Waals surface area contributed by atoms with E-state index in [2.05, 4.69) is 55.6 Å². The number of hydrogen-bond acceptors (Lipinski definition) is 2. The zero-order chi connectivity index (χ0) is 15.5. The third kappa shape index (κ3) is 3.99. The number of rotatable bonds is 5. The van der Waals surface area contributed by atoms with Crippen molar-refractivity contribution in [2.24, 2.45) is 17.6 Å². The van der Waals surface area contributed by atoms with Gasteiger partial charge in [0.15, 0.2) is 0 Å². The van der Waals surface area contributed by atoms with Gasteiger partial charge in [0.05, 0.1) is 0 Å². The zero-order valence-corrected chi connectivity index (χ0v) is 14.0. The van der Waals surface area contributed by atoms with Gasteiger partial charge in [-0.1, -0.05) is 55.8 Å². The molecule has 2 heteroatoms. The molecule has 0 radical (unpaired) electrons. The van der Waals surface area contributed by atoms with Gasteiger partial charge in [-0.05, 0) is 49.5 Å². The summed E-state index contributed by atoms with van der Waals surface area (Å²) in [7, 11) is 0. The first-order valence-corrected chi connectivity index (χ1v) is 8.91. The SMILES string of the molecule is CC(C)/C(=C\c1ccccc1)[C@@H]1C[C@H]1NC1CCC(N)CC1. The highest BCUT2D eigenvalue weighted by atomic mass is 15.0. The van der Waals surface area contributed by atoms with E-state index in [-0.39, 0.29) is 0 Å². The van der Waals surface area contributed by atoms with Crippen LogP contribution in [0.2, 0.25) is 0 Å². The topological polar surface area (TPSA) is 38.0 Å². The molecule has 0 aliphatic heterocycles. The van der Waals surface area contributed by atoms with E-state index in [1.165, 1.54) is 37.7 Å². The van der Waals surface area contributed by atoms with Gasteiger partial charge in [0.1, 0.15) is 0 Å². The third-order valence-electron chi connectivity index (χ3n) is 5.24. The van der Waals surface area contributed by atoms with E-state index in [0.29, 0.717) is 24.0 Å². The van der Waals surface area contributed by atoms with Crippen LogP contribution in [0.1, 0.15) is 51.5 Å². The van der Waals surface area contributed by atoms with Gasteiger partial charge in [-0.15, -0.1) is 0 Å². The lowest BCUT2D eigenvalue weighted by Gasteiger charge is -2.27. The molecule has 2 fully saturated rings. The molecule has 1 aromatic rings. The Bertz CT molecular complexity index is 498. The number of benzene rings is 1. The standard InChI is InChI=1S/C20H30N2/c1-14(2)18(12-15-6-4-3-5-7-15)19-13-20(19)22-17-10-8-16(21)9-11-17/h3-7,12,14,16-17,19-20,22H,8-11,13,21H2,1-2H3/b18-12+/t16?,17?,19-,20+/m0/s1. The van der Waals surface area contributed by atoms with Crippen molar-refractivity contribution in [2.75, 3.05) is 0 Å². The van der Waals surface area contributed by atoms with Crippen molar-refractivity contribution in [1.82, 2.24) is 5.32 Å². The first kappa shape index (κ1) is 15.8. The fourth-order valence-corrected chi connectivity index (χ4v) is 3.78. The van der Waals surface area contributed by atoms with Crippen molar-refractivity contribution in [3.8, 4) is 0 Å². The highest BCUT2D eigenvalue weighted by Gasteiger charge is 2.41. The van der Waals surface area contributed by atoms with Crippen LogP contribution in [0, 0.1) is 11.8 Å². The van der Waals surface area contributed by atoms with Gasteiger partial charge in [-0.3, -0.25) is 0 Å². The molecule has 0 unspecified atom stereocenters. The predicted molar refractivity (Wildman–Crippen MR) is 94.5 cm³/mol. The van der Waals surface area contributed by atoms with E-state index in [1.54, 1.807) is 5.57 Å². The van der Waals surface area contributed by atoms with Crippen LogP contribution in [0.3, 0.4) is 0 Å². The van der Waals surface area contributed by atoms with E-state index < -0.39 is 0 Å². The van der Waals surface area contributed by atoms with E-state index in [4.69, 9.17) is 5.73 Å². The second kappa shape index (κ2) is 6.97. The van der Waals surface area contributed by atoms with Gasteiger partial charge in [0.2, 0.25) is 0 Å². The molecule has 0 heterocycles. The van der Waals surface area contributed by atoms with Crippen LogP contribution in [-0.4, -0.2) is 18.1 Å². The minimum atomic E-state index is 0.442. The van der Waals surface area contributed by atoms with Crippen LogP contribution < -0.4 is 11.1 Å². The minimum absolute atomic E-state index is 0.442. The van der Waals surface area contributed by atoms with Crippen LogP contribution in [-0.2, 0) is 0 Å². The molecular formula is C20H30N2. The maximum absolute atomic E-state index is 6.01. The lowest BCUT2D eigenvalue weighted by molar-refractivity contribution is 0.338. The van der Waals surface area contributed by atoms with Crippen LogP contribution in [0.15, 0.2) is 35.9 Å². The first-order valence-electron chi connectivity index (χ1n) is 8.91. The Kier molecular flexibility index (Phi) is 5.00. The van der Waals surface area contributed by atoms with Crippen LogP contribution in [0.25, 0.3) is 6.08 Å². The smallest absolute Gasteiger partial charge is 0.0142 e. The molecule has 22 heavy (non-hydrogen) atoms. The van der Waals surface area contributed by atoms with Crippen molar-refractivity contribution in [3.05, 3.63) is 41.5 Å². The Hall–Kier alpha value is -1.12. The molecule has 2 saturated carbocycles. The summed E-state index contributed by atoms with van der Waals surface area (Å²) in [5.74, 6) is 1.35. The van der Waals surface area contributed by atoms with Crippen LogP contribution in [0.5, 0.6) is 0 Å². The summed E-state index contributed by atoms with van der Waals surface area (Å²) in [6, 6.07) is 12.6. The predicted octanol–water partition coefficient (Wildman–Crippen LogP) is 3.97. The van der Waals surface area contributed by atoms with Crippen molar-refractivity contribution < 1.29 is 0 Å². The second-order valence-corrected chi connectivity index (χ2v) is 7.44. The molecule has 3 N–H and O–H groups in total. The van der Waals surface area contributed by atoms with E-state index in [0.717, 1.165) is 5.92 Å². The average molecular weight is 298 g/mol. The van der Waals surface area contributed by atoms with Gasteiger partial charge in [-0.25, -0.2) is 0 Å². The van der Waals surface area contributed by atoms with Crippen molar-refractivity contribution in [1.29, 1.82) is 0 Å². The van der Waals surface area contributed by atoms with Gasteiger partial charge in [0.25, 0.3) is 0 Å². The third-order valence-corrected chi connectivity index (χ3v) is 5.24. The molecule has 0 bridgehead atoms. The van der Waals surface area contributed by atoms with Gasteiger partial charge in [-0.2, -0.15) is 0 Å². The van der Waals surface area contributed by atoms with Crippen molar-refractivity contribution in [3.63, 3.8) is 0 Å². The normalized spacial score (nSPS) is 32.3. The first-order chi connectivity index (χ1) is 10.6. The highest BCUT2D eigenvalue weighted by Crippen LogP contribution is 2.42. The lowest BCUT2D eigenvalue weighted by atomic mass is 9.91. The fraction of sp³-hybridized carbons (Fsp3) is 0.600. The van der Waals surface area contributed by atoms with Crippen molar-refractivity contribution in [2.45, 2.75) is 64.1 Å². The Labute approximate surface area is 135 Å². The van der Waals surface area contributed by atoms with Gasteiger partial charge in [0, 0.05) is 18.1 Å². The molecule has 0 spiro atoms. The quantitative estimate of drug-likeness (QED) is 0.863. The maximum Gasteiger partial charge on any atom is 0.0142 e. The molecule has 3 rings (SSSR count). The summed E-state index contributed by atoms with van der Waals surface area (Å²) in [5, 5.41) is 3.89. The van der Waals surface area contributed by atoms with Crippen LogP contribution in [0.4, 0.5) is 0 Å². The number of hydrogen-bond donors (Lipinski definition) is 2. The van der Waals surface area contributed by atoms with E-state index in [1.807, 2.05) is 0 Å². The maximum atomic E-state index is 6.01. The average Bonchev–Trinajstić information content (AvgIpc) is 3.27. The highest BCUT2D eigenvalue weighted by molar-refractivity contribution is 5.55. The molecule has 2 nitrogen and oxygen atoms in total. The second-order valence-electron chi connectivity index (χ2n) is 7.44. The molecule has 2 atom stereocenters. The van der Waals surface area contributed by atoms with E-state index in [9.17, 15) is 0 Å². The molecular weight excluding hydrogens is 268 g/mol. The summed E-state index contributed by atoms with van der Waals surface area (Å²) in [6.07, 6.45) is 8.60. The Morgan fingerprint density at radius 2 is 1.82 bits per heavy atom. The van der Waals surface area contributed by atoms with E-state index >= 15 is 0 Å². The van der Waals surface area contributed by atoms with Crippen LogP contribution >= 0.6 is 0 Å². The van der Waals surface area contributed by atoms with Gasteiger partial charge >= 0.3 is 0 Å². The molecule has 0 aromatic heterocycles. The summed E-state index contributed by atoms with van der Waals surface area (Å²) < 4.78 is 0. The molecule has 120 valence electrons. The fourth-order valence-electron chi connectivity index (χ4n) is 3.78. The van der Waals surface area contributed by atoms with Crippen molar-refractivity contribution >= 4 is 6.08 Å². The summed E-state index contributed by atoms with van der Waals surface area (Å²) in [4.78, 5) is 0. The number of nitrogens with two attached hydrogens (primary N) is 1. The Morgan fingerprint density at radius 3 is 2.45 bits per heavy atom. The summed E-state index contributed by atoms with van der Waals surface area (Å²) in [6.45, 7) is 4.65. The largest absolute Gasteiger partial charge is 0.328 e. The minimum Gasteiger partial charge on any atom is -0.328 e. The lowest BCUT2D eigenvalue weighted by Crippen LogP contribution is -2.39. The molecule has 2 aliphatic rings. The number of nitrogens with one attached hydrogen (secondary N) is 1. The summed E-state index contributed by atoms with van der Waals surface area (Å²) in [5.41, 5.74) is 8.95. The molecule has 0 saturated heterocycles. The molecule has 2 aliphatic carbocycles.